The lowest BCUT2D eigenvalue weighted by atomic mass is 10.1. The summed E-state index contributed by atoms with van der Waals surface area (Å²) in [7, 11) is 0. The molecule has 2 atom stereocenters. The fourth-order valence-electron chi connectivity index (χ4n) is 4.19. The summed E-state index contributed by atoms with van der Waals surface area (Å²) < 4.78 is 0. The molecular formula is C18H22N4OS. The molecule has 2 aromatic heterocycles. The summed E-state index contributed by atoms with van der Waals surface area (Å²) in [5.74, 6) is 2.34. The van der Waals surface area contributed by atoms with Crippen LogP contribution in [0.2, 0.25) is 0 Å². The Morgan fingerprint density at radius 2 is 2.00 bits per heavy atom. The van der Waals surface area contributed by atoms with E-state index < -0.39 is 0 Å². The highest BCUT2D eigenvalue weighted by Crippen LogP contribution is 2.41. The number of anilines is 1. The van der Waals surface area contributed by atoms with Crippen molar-refractivity contribution in [2.24, 2.45) is 11.8 Å². The average molecular weight is 342 g/mol. The number of fused-ring (bicyclic) bond motifs is 3. The number of piperazine rings is 1. The van der Waals surface area contributed by atoms with Gasteiger partial charge in [-0.3, -0.25) is 4.79 Å². The molecule has 0 N–H and O–H groups in total. The first-order chi connectivity index (χ1) is 11.7. The molecule has 0 radical (unpaired) electrons. The van der Waals surface area contributed by atoms with Crippen LogP contribution in [0, 0.1) is 11.8 Å². The van der Waals surface area contributed by atoms with Gasteiger partial charge in [-0.05, 0) is 37.2 Å². The van der Waals surface area contributed by atoms with Crippen molar-refractivity contribution in [1.82, 2.24) is 14.9 Å². The Morgan fingerprint density at radius 1 is 1.21 bits per heavy atom. The van der Waals surface area contributed by atoms with Crippen LogP contribution in [0.25, 0.3) is 10.2 Å². The second-order valence-corrected chi connectivity index (χ2v) is 8.45. The Morgan fingerprint density at radius 3 is 2.75 bits per heavy atom. The van der Waals surface area contributed by atoms with Crippen molar-refractivity contribution in [2.75, 3.05) is 31.1 Å². The first-order valence-electron chi connectivity index (χ1n) is 9.01. The fourth-order valence-corrected chi connectivity index (χ4v) is 5.41. The molecule has 5 rings (SSSR count). The summed E-state index contributed by atoms with van der Waals surface area (Å²) in [6, 6.07) is 0. The second kappa shape index (κ2) is 5.41. The zero-order valence-electron chi connectivity index (χ0n) is 14.0. The van der Waals surface area contributed by atoms with Gasteiger partial charge in [-0.2, -0.15) is 0 Å². The number of amides is 1. The minimum Gasteiger partial charge on any atom is -0.352 e. The molecular weight excluding hydrogens is 320 g/mol. The summed E-state index contributed by atoms with van der Waals surface area (Å²) in [5, 5.41) is 1.28. The smallest absolute Gasteiger partial charge is 0.226 e. The van der Waals surface area contributed by atoms with E-state index in [0.717, 1.165) is 49.7 Å². The molecule has 24 heavy (non-hydrogen) atoms. The Kier molecular flexibility index (Phi) is 3.30. The zero-order chi connectivity index (χ0) is 16.3. The lowest BCUT2D eigenvalue weighted by molar-refractivity contribution is -0.133. The topological polar surface area (TPSA) is 49.3 Å². The molecule has 1 saturated carbocycles. The van der Waals surface area contributed by atoms with Crippen LogP contribution in [-0.4, -0.2) is 47.0 Å². The van der Waals surface area contributed by atoms with Gasteiger partial charge >= 0.3 is 0 Å². The maximum atomic E-state index is 12.4. The maximum absolute atomic E-state index is 12.4. The van der Waals surface area contributed by atoms with Crippen LogP contribution >= 0.6 is 11.3 Å². The van der Waals surface area contributed by atoms with Gasteiger partial charge in [-0.1, -0.05) is 6.92 Å². The predicted octanol–water partition coefficient (Wildman–Crippen LogP) is 2.48. The molecule has 5 nitrogen and oxygen atoms in total. The molecule has 1 aliphatic heterocycles. The number of hydrogen-bond acceptors (Lipinski definition) is 5. The first kappa shape index (κ1) is 14.6. The number of carbonyl (C=O) groups is 1. The maximum Gasteiger partial charge on any atom is 0.226 e. The average Bonchev–Trinajstić information content (AvgIpc) is 3.02. The zero-order valence-corrected chi connectivity index (χ0v) is 14.8. The number of thiophene rings is 1. The number of nitrogens with zero attached hydrogens (tertiary/aromatic N) is 4. The van der Waals surface area contributed by atoms with E-state index in [1.807, 2.05) is 11.3 Å². The first-order valence-corrected chi connectivity index (χ1v) is 9.83. The van der Waals surface area contributed by atoms with Gasteiger partial charge in [0.2, 0.25) is 5.91 Å². The molecule has 2 fully saturated rings. The number of aryl methyl sites for hydroxylation is 2. The molecule has 2 aromatic rings. The second-order valence-electron chi connectivity index (χ2n) is 7.37. The monoisotopic (exact) mass is 342 g/mol. The molecule has 0 bridgehead atoms. The number of rotatable bonds is 2. The van der Waals surface area contributed by atoms with Crippen LogP contribution in [-0.2, 0) is 17.6 Å². The van der Waals surface area contributed by atoms with E-state index in [9.17, 15) is 4.79 Å². The van der Waals surface area contributed by atoms with Crippen LogP contribution in [0.15, 0.2) is 6.33 Å². The van der Waals surface area contributed by atoms with Crippen LogP contribution in [0.1, 0.15) is 30.2 Å². The Balaban J connectivity index is 1.38. The quantitative estimate of drug-likeness (QED) is 0.841. The Hall–Kier alpha value is -1.69. The van der Waals surface area contributed by atoms with Crippen LogP contribution in [0.3, 0.4) is 0 Å². The van der Waals surface area contributed by atoms with Crippen molar-refractivity contribution in [1.29, 1.82) is 0 Å². The molecule has 1 amide bonds. The lowest BCUT2D eigenvalue weighted by Crippen LogP contribution is -2.49. The SMILES string of the molecule is C[C@@H]1C[C@H]1C(=O)N1CCN(c2ncnc3sc4c(c23)CCC4)CC1. The Labute approximate surface area is 145 Å². The van der Waals surface area contributed by atoms with Crippen molar-refractivity contribution in [3.05, 3.63) is 16.8 Å². The molecule has 0 aromatic carbocycles. The number of aromatic nitrogens is 2. The lowest BCUT2D eigenvalue weighted by Gasteiger charge is -2.36. The molecule has 0 unspecified atom stereocenters. The summed E-state index contributed by atoms with van der Waals surface area (Å²) in [6.07, 6.45) is 6.39. The summed E-state index contributed by atoms with van der Waals surface area (Å²) in [5.41, 5.74) is 1.48. The highest BCUT2D eigenvalue weighted by molar-refractivity contribution is 7.19. The standard InChI is InChI=1S/C18H22N4OS/c1-11-9-13(11)18(23)22-7-5-21(6-8-22)16-15-12-3-2-4-14(12)24-17(15)20-10-19-16/h10-11,13H,2-9H2,1H3/t11-,13-/m1/s1. The third-order valence-electron chi connectivity index (χ3n) is 5.80. The van der Waals surface area contributed by atoms with E-state index >= 15 is 0 Å². The molecule has 1 saturated heterocycles. The molecule has 3 aliphatic rings. The largest absolute Gasteiger partial charge is 0.352 e. The van der Waals surface area contributed by atoms with E-state index in [1.165, 1.54) is 28.7 Å². The molecule has 3 heterocycles. The molecule has 2 aliphatic carbocycles. The fraction of sp³-hybridized carbons (Fsp3) is 0.611. The van der Waals surface area contributed by atoms with Gasteiger partial charge in [0, 0.05) is 37.0 Å². The van der Waals surface area contributed by atoms with Crippen molar-refractivity contribution in [2.45, 2.75) is 32.6 Å². The van der Waals surface area contributed by atoms with Gasteiger partial charge in [-0.25, -0.2) is 9.97 Å². The normalized spacial score (nSPS) is 26.0. The van der Waals surface area contributed by atoms with Crippen LogP contribution < -0.4 is 4.90 Å². The highest BCUT2D eigenvalue weighted by Gasteiger charge is 2.42. The third-order valence-corrected chi connectivity index (χ3v) is 7.00. The summed E-state index contributed by atoms with van der Waals surface area (Å²) in [6.45, 7) is 5.57. The summed E-state index contributed by atoms with van der Waals surface area (Å²) >= 11 is 1.84. The van der Waals surface area contributed by atoms with E-state index in [4.69, 9.17) is 0 Å². The van der Waals surface area contributed by atoms with Crippen LogP contribution in [0.5, 0.6) is 0 Å². The van der Waals surface area contributed by atoms with E-state index in [1.54, 1.807) is 6.33 Å². The van der Waals surface area contributed by atoms with Crippen molar-refractivity contribution >= 4 is 33.3 Å². The van der Waals surface area contributed by atoms with Gasteiger partial charge < -0.3 is 9.80 Å². The van der Waals surface area contributed by atoms with Gasteiger partial charge in [0.25, 0.3) is 0 Å². The van der Waals surface area contributed by atoms with Gasteiger partial charge in [0.05, 0.1) is 5.39 Å². The van der Waals surface area contributed by atoms with Crippen molar-refractivity contribution in [3.8, 4) is 0 Å². The van der Waals surface area contributed by atoms with Gasteiger partial charge in [0.1, 0.15) is 17.0 Å². The molecule has 126 valence electrons. The van der Waals surface area contributed by atoms with E-state index in [0.29, 0.717) is 17.7 Å². The van der Waals surface area contributed by atoms with Gasteiger partial charge in [0.15, 0.2) is 0 Å². The van der Waals surface area contributed by atoms with E-state index in [2.05, 4.69) is 26.7 Å². The minimum absolute atomic E-state index is 0.294. The predicted molar refractivity (Wildman–Crippen MR) is 95.5 cm³/mol. The molecule has 0 spiro atoms. The molecule has 6 heteroatoms. The third kappa shape index (κ3) is 2.23. The van der Waals surface area contributed by atoms with Crippen LogP contribution in [0.4, 0.5) is 5.82 Å². The van der Waals surface area contributed by atoms with Crippen molar-refractivity contribution in [3.63, 3.8) is 0 Å². The van der Waals surface area contributed by atoms with Crippen molar-refractivity contribution < 1.29 is 4.79 Å². The number of carbonyl (C=O) groups excluding carboxylic acids is 1. The number of hydrogen-bond donors (Lipinski definition) is 0. The Bertz CT molecular complexity index is 809. The van der Waals surface area contributed by atoms with Gasteiger partial charge in [-0.15, -0.1) is 11.3 Å². The minimum atomic E-state index is 0.294. The highest BCUT2D eigenvalue weighted by atomic mass is 32.1. The van der Waals surface area contributed by atoms with E-state index in [-0.39, 0.29) is 0 Å². The summed E-state index contributed by atoms with van der Waals surface area (Å²) in [4.78, 5) is 28.6.